The van der Waals surface area contributed by atoms with E-state index < -0.39 is 17.8 Å². The van der Waals surface area contributed by atoms with E-state index in [0.29, 0.717) is 0 Å². The smallest absolute Gasteiger partial charge is 0.321 e. The van der Waals surface area contributed by atoms with Crippen LogP contribution in [0.3, 0.4) is 0 Å². The van der Waals surface area contributed by atoms with E-state index in [1.54, 1.807) is 6.92 Å². The molecular formula is C10H9ClF3N5. The van der Waals surface area contributed by atoms with Crippen molar-refractivity contribution in [2.45, 2.75) is 19.1 Å². The maximum absolute atomic E-state index is 13.0. The predicted molar refractivity (Wildman–Crippen MR) is 61.8 cm³/mol. The Morgan fingerprint density at radius 2 is 2.05 bits per heavy atom. The average Bonchev–Trinajstić information content (AvgIpc) is 2.76. The number of alkyl halides is 3. The highest BCUT2D eigenvalue weighted by Crippen LogP contribution is 2.35. The van der Waals surface area contributed by atoms with Crippen LogP contribution in [-0.4, -0.2) is 20.2 Å². The molecule has 9 heteroatoms. The Hall–Kier alpha value is -1.67. The fraction of sp³-hybridized carbons (Fsp3) is 0.300. The van der Waals surface area contributed by atoms with Crippen LogP contribution < -0.4 is 5.73 Å². The number of hydrogen-bond donors (Lipinski definition) is 1. The standard InChI is InChI=1S/C10H9ClF3N5/c1-5(15)9-16-17-18-19(9)8-3-2-6(11)4-7(8)10(12,13)14/h2-5H,15H2,1H3. The minimum atomic E-state index is -4.57. The Kier molecular flexibility index (Phi) is 3.46. The molecule has 0 saturated carbocycles. The summed E-state index contributed by atoms with van der Waals surface area (Å²) in [5.41, 5.74) is 4.48. The SMILES string of the molecule is CC(N)c1nnnn1-c1ccc(Cl)cc1C(F)(F)F. The molecule has 0 aliphatic rings. The third-order valence-corrected chi connectivity index (χ3v) is 2.63. The van der Waals surface area contributed by atoms with Gasteiger partial charge in [-0.15, -0.1) is 5.10 Å². The van der Waals surface area contributed by atoms with E-state index in [4.69, 9.17) is 17.3 Å². The molecule has 2 N–H and O–H groups in total. The lowest BCUT2D eigenvalue weighted by atomic mass is 10.1. The number of halogens is 4. The van der Waals surface area contributed by atoms with Gasteiger partial charge in [-0.25, -0.2) is 0 Å². The second kappa shape index (κ2) is 4.78. The summed E-state index contributed by atoms with van der Waals surface area (Å²) in [6.07, 6.45) is -4.57. The van der Waals surface area contributed by atoms with Crippen molar-refractivity contribution in [3.05, 3.63) is 34.6 Å². The maximum atomic E-state index is 13.0. The molecule has 1 aromatic heterocycles. The highest BCUT2D eigenvalue weighted by Gasteiger charge is 2.35. The molecule has 0 aliphatic carbocycles. The van der Waals surface area contributed by atoms with Gasteiger partial charge in [0.2, 0.25) is 0 Å². The van der Waals surface area contributed by atoms with Gasteiger partial charge in [-0.2, -0.15) is 17.9 Å². The van der Waals surface area contributed by atoms with Crippen LogP contribution in [-0.2, 0) is 6.18 Å². The van der Waals surface area contributed by atoms with Crippen molar-refractivity contribution in [3.8, 4) is 5.69 Å². The van der Waals surface area contributed by atoms with Crippen molar-refractivity contribution in [2.24, 2.45) is 5.73 Å². The molecular weight excluding hydrogens is 283 g/mol. The maximum Gasteiger partial charge on any atom is 0.418 e. The topological polar surface area (TPSA) is 69.6 Å². The third kappa shape index (κ3) is 2.69. The zero-order valence-electron chi connectivity index (χ0n) is 9.69. The van der Waals surface area contributed by atoms with Crippen LogP contribution in [0, 0.1) is 0 Å². The van der Waals surface area contributed by atoms with Crippen molar-refractivity contribution in [3.63, 3.8) is 0 Å². The van der Waals surface area contributed by atoms with Gasteiger partial charge in [0.05, 0.1) is 17.3 Å². The number of rotatable bonds is 2. The highest BCUT2D eigenvalue weighted by molar-refractivity contribution is 6.30. The second-order valence-corrected chi connectivity index (χ2v) is 4.33. The summed E-state index contributed by atoms with van der Waals surface area (Å²) in [5, 5.41) is 10.5. The quantitative estimate of drug-likeness (QED) is 0.922. The van der Waals surface area contributed by atoms with Crippen LogP contribution >= 0.6 is 11.6 Å². The predicted octanol–water partition coefficient (Wildman–Crippen LogP) is 2.35. The minimum Gasteiger partial charge on any atom is -0.321 e. The fourth-order valence-electron chi connectivity index (χ4n) is 1.57. The molecule has 19 heavy (non-hydrogen) atoms. The number of aromatic nitrogens is 4. The first-order chi connectivity index (χ1) is 8.80. The van der Waals surface area contributed by atoms with Crippen molar-refractivity contribution >= 4 is 11.6 Å². The van der Waals surface area contributed by atoms with E-state index in [2.05, 4.69) is 15.5 Å². The number of nitrogens with zero attached hydrogens (tertiary/aromatic N) is 4. The Bertz CT molecular complexity index is 593. The van der Waals surface area contributed by atoms with Crippen LogP contribution in [0.25, 0.3) is 5.69 Å². The van der Waals surface area contributed by atoms with Gasteiger partial charge in [-0.1, -0.05) is 11.6 Å². The summed E-state index contributed by atoms with van der Waals surface area (Å²) in [5.74, 6) is 0.132. The summed E-state index contributed by atoms with van der Waals surface area (Å²) in [4.78, 5) is 0. The zero-order chi connectivity index (χ0) is 14.2. The van der Waals surface area contributed by atoms with Gasteiger partial charge in [0.25, 0.3) is 0 Å². The largest absolute Gasteiger partial charge is 0.418 e. The molecule has 1 heterocycles. The van der Waals surface area contributed by atoms with Gasteiger partial charge in [0, 0.05) is 5.02 Å². The Labute approximate surface area is 111 Å². The molecule has 0 aliphatic heterocycles. The lowest BCUT2D eigenvalue weighted by molar-refractivity contribution is -0.137. The highest BCUT2D eigenvalue weighted by atomic mass is 35.5. The van der Waals surface area contributed by atoms with Gasteiger partial charge in [-0.3, -0.25) is 0 Å². The number of nitrogens with two attached hydrogens (primary N) is 1. The lowest BCUT2D eigenvalue weighted by Gasteiger charge is -2.14. The summed E-state index contributed by atoms with van der Waals surface area (Å²) in [7, 11) is 0. The van der Waals surface area contributed by atoms with E-state index in [1.165, 1.54) is 12.1 Å². The molecule has 0 radical (unpaired) electrons. The molecule has 1 unspecified atom stereocenters. The number of benzene rings is 1. The summed E-state index contributed by atoms with van der Waals surface area (Å²) in [6, 6.07) is 2.75. The Balaban J connectivity index is 2.65. The van der Waals surface area contributed by atoms with Crippen LogP contribution in [0.5, 0.6) is 0 Å². The van der Waals surface area contributed by atoms with E-state index in [-0.39, 0.29) is 16.5 Å². The molecule has 0 saturated heterocycles. The van der Waals surface area contributed by atoms with E-state index in [1.807, 2.05) is 0 Å². The molecule has 2 rings (SSSR count). The molecule has 102 valence electrons. The van der Waals surface area contributed by atoms with Crippen molar-refractivity contribution in [1.29, 1.82) is 0 Å². The summed E-state index contributed by atoms with van der Waals surface area (Å²) >= 11 is 5.60. The van der Waals surface area contributed by atoms with Crippen LogP contribution in [0.2, 0.25) is 5.02 Å². The van der Waals surface area contributed by atoms with E-state index in [9.17, 15) is 13.2 Å². The van der Waals surface area contributed by atoms with Gasteiger partial charge in [0.15, 0.2) is 5.82 Å². The summed E-state index contributed by atoms with van der Waals surface area (Å²) < 4.78 is 39.9. The van der Waals surface area contributed by atoms with E-state index >= 15 is 0 Å². The van der Waals surface area contributed by atoms with Crippen LogP contribution in [0.1, 0.15) is 24.4 Å². The molecule has 2 aromatic rings. The minimum absolute atomic E-state index is 0.0218. The number of tetrazole rings is 1. The molecule has 0 spiro atoms. The number of hydrogen-bond acceptors (Lipinski definition) is 4. The molecule has 0 bridgehead atoms. The first-order valence-corrected chi connectivity index (χ1v) is 5.59. The normalized spacial score (nSPS) is 13.6. The molecule has 5 nitrogen and oxygen atoms in total. The van der Waals surface area contributed by atoms with Gasteiger partial charge >= 0.3 is 6.18 Å². The van der Waals surface area contributed by atoms with Gasteiger partial charge in [0.1, 0.15) is 0 Å². The third-order valence-electron chi connectivity index (χ3n) is 2.39. The average molecular weight is 292 g/mol. The molecule has 0 fully saturated rings. The lowest BCUT2D eigenvalue weighted by Crippen LogP contribution is -2.17. The summed E-state index contributed by atoms with van der Waals surface area (Å²) in [6.45, 7) is 1.57. The first kappa shape index (κ1) is 13.8. The van der Waals surface area contributed by atoms with Gasteiger partial charge in [-0.05, 0) is 35.5 Å². The van der Waals surface area contributed by atoms with Gasteiger partial charge < -0.3 is 5.73 Å². The monoisotopic (exact) mass is 291 g/mol. The molecule has 1 aromatic carbocycles. The fourth-order valence-corrected chi connectivity index (χ4v) is 1.74. The Morgan fingerprint density at radius 1 is 1.37 bits per heavy atom. The van der Waals surface area contributed by atoms with Crippen LogP contribution in [0.15, 0.2) is 18.2 Å². The van der Waals surface area contributed by atoms with Crippen molar-refractivity contribution < 1.29 is 13.2 Å². The zero-order valence-corrected chi connectivity index (χ0v) is 10.4. The molecule has 0 amide bonds. The van der Waals surface area contributed by atoms with Crippen LogP contribution in [0.4, 0.5) is 13.2 Å². The Morgan fingerprint density at radius 3 is 2.63 bits per heavy atom. The molecule has 1 atom stereocenters. The van der Waals surface area contributed by atoms with E-state index in [0.717, 1.165) is 10.7 Å². The van der Waals surface area contributed by atoms with Crippen molar-refractivity contribution in [2.75, 3.05) is 0 Å². The van der Waals surface area contributed by atoms with Crippen molar-refractivity contribution in [1.82, 2.24) is 20.2 Å². The first-order valence-electron chi connectivity index (χ1n) is 5.21. The second-order valence-electron chi connectivity index (χ2n) is 3.90.